The van der Waals surface area contributed by atoms with Crippen molar-refractivity contribution in [3.8, 4) is 0 Å². The molecule has 0 saturated heterocycles. The lowest BCUT2D eigenvalue weighted by Gasteiger charge is -2.10. The van der Waals surface area contributed by atoms with Crippen LogP contribution in [0.4, 0.5) is 0 Å². The molecule has 4 nitrogen and oxygen atoms in total. The Bertz CT molecular complexity index is 1330. The number of fused-ring (bicyclic) bond motifs is 2. The molecule has 0 spiro atoms. The van der Waals surface area contributed by atoms with Crippen molar-refractivity contribution >= 4 is 59.4 Å². The van der Waals surface area contributed by atoms with Crippen molar-refractivity contribution in [2.45, 2.75) is 0 Å². The van der Waals surface area contributed by atoms with Crippen LogP contribution in [-0.2, 0) is 0 Å². The molecule has 0 aliphatic heterocycles. The molecule has 0 radical (unpaired) electrons. The summed E-state index contributed by atoms with van der Waals surface area (Å²) < 4.78 is 11.7. The first-order valence-electron chi connectivity index (χ1n) is 6.97. The highest BCUT2D eigenvalue weighted by Gasteiger charge is 2.17. The van der Waals surface area contributed by atoms with Gasteiger partial charge in [0, 0.05) is 20.6 Å². The van der Waals surface area contributed by atoms with Crippen LogP contribution in [0.1, 0.15) is 0 Å². The minimum absolute atomic E-state index is 0.391. The Morgan fingerprint density at radius 3 is 2.09 bits per heavy atom. The van der Waals surface area contributed by atoms with Crippen LogP contribution >= 0.6 is 15.9 Å². The minimum Gasteiger partial charge on any atom is -0.456 e. The molecule has 0 aliphatic rings. The van der Waals surface area contributed by atoms with Crippen LogP contribution in [-0.4, -0.2) is 0 Å². The largest absolute Gasteiger partial charge is 0.456 e. The fourth-order valence-corrected chi connectivity index (χ4v) is 3.59. The first-order valence-corrected chi connectivity index (χ1v) is 7.77. The summed E-state index contributed by atoms with van der Waals surface area (Å²) >= 11 is 3.47. The van der Waals surface area contributed by atoms with E-state index in [1.807, 2.05) is 24.3 Å². The van der Waals surface area contributed by atoms with Gasteiger partial charge >= 0.3 is 11.3 Å². The number of rotatable bonds is 0. The van der Waals surface area contributed by atoms with E-state index in [1.54, 1.807) is 18.2 Å². The molecule has 5 rings (SSSR count). The van der Waals surface area contributed by atoms with Crippen molar-refractivity contribution in [3.63, 3.8) is 0 Å². The Morgan fingerprint density at radius 2 is 1.30 bits per heavy atom. The Morgan fingerprint density at radius 1 is 0.652 bits per heavy atom. The van der Waals surface area contributed by atoms with E-state index in [2.05, 4.69) is 15.9 Å². The third kappa shape index (κ3) is 1.60. The van der Waals surface area contributed by atoms with Crippen LogP contribution in [0.15, 0.2) is 65.4 Å². The molecular formula is C18H7BrO4. The van der Waals surface area contributed by atoms with Gasteiger partial charge in [-0.05, 0) is 41.8 Å². The first kappa shape index (κ1) is 12.8. The molecule has 3 aromatic carbocycles. The van der Waals surface area contributed by atoms with Crippen LogP contribution < -0.4 is 11.3 Å². The molecule has 0 fully saturated rings. The van der Waals surface area contributed by atoms with E-state index < -0.39 is 11.3 Å². The number of benzene rings is 3. The maximum Gasteiger partial charge on any atom is 0.346 e. The van der Waals surface area contributed by atoms with Gasteiger partial charge in [-0.25, -0.2) is 9.59 Å². The molecule has 5 aromatic rings. The number of halogens is 1. The maximum absolute atomic E-state index is 12.0. The number of hydrogen-bond donors (Lipinski definition) is 0. The molecule has 0 amide bonds. The van der Waals surface area contributed by atoms with Crippen LogP contribution in [0.3, 0.4) is 0 Å². The van der Waals surface area contributed by atoms with Gasteiger partial charge in [-0.1, -0.05) is 22.0 Å². The van der Waals surface area contributed by atoms with Gasteiger partial charge in [0.1, 0.15) is 11.2 Å². The fourth-order valence-electron chi connectivity index (χ4n) is 3.23. The van der Waals surface area contributed by atoms with E-state index in [-0.39, 0.29) is 0 Å². The summed E-state index contributed by atoms with van der Waals surface area (Å²) in [7, 11) is 0. The van der Waals surface area contributed by atoms with Crippen molar-refractivity contribution in [2.24, 2.45) is 0 Å². The summed E-state index contributed by atoms with van der Waals surface area (Å²) in [6.45, 7) is 0. The smallest absolute Gasteiger partial charge is 0.346 e. The van der Waals surface area contributed by atoms with E-state index in [4.69, 9.17) is 8.83 Å². The fraction of sp³-hybridized carbons (Fsp3) is 0. The molecule has 2 aromatic heterocycles. The summed E-state index contributed by atoms with van der Waals surface area (Å²) in [5.74, 6) is 0. The van der Waals surface area contributed by atoms with Crippen molar-refractivity contribution in [2.75, 3.05) is 0 Å². The summed E-state index contributed by atoms with van der Waals surface area (Å²) in [6.07, 6.45) is 0. The third-order valence-corrected chi connectivity index (χ3v) is 4.69. The molecule has 0 unspecified atom stereocenters. The minimum atomic E-state index is -0.619. The highest BCUT2D eigenvalue weighted by Crippen LogP contribution is 2.37. The quantitative estimate of drug-likeness (QED) is 0.301. The van der Waals surface area contributed by atoms with Gasteiger partial charge in [-0.15, -0.1) is 0 Å². The molecule has 0 N–H and O–H groups in total. The first-order chi connectivity index (χ1) is 11.1. The van der Waals surface area contributed by atoms with E-state index in [0.29, 0.717) is 21.7 Å². The molecule has 23 heavy (non-hydrogen) atoms. The van der Waals surface area contributed by atoms with Crippen LogP contribution in [0.25, 0.3) is 43.5 Å². The third-order valence-electron chi connectivity index (χ3n) is 4.20. The lowest BCUT2D eigenvalue weighted by atomic mass is 9.97. The lowest BCUT2D eigenvalue weighted by Crippen LogP contribution is -2.12. The monoisotopic (exact) mass is 366 g/mol. The van der Waals surface area contributed by atoms with E-state index in [9.17, 15) is 9.59 Å². The predicted octanol–water partition coefficient (Wildman–Crippen LogP) is 4.41. The Labute approximate surface area is 136 Å². The van der Waals surface area contributed by atoms with Crippen molar-refractivity contribution < 1.29 is 8.83 Å². The van der Waals surface area contributed by atoms with Crippen molar-refractivity contribution in [1.82, 2.24) is 0 Å². The van der Waals surface area contributed by atoms with Gasteiger partial charge < -0.3 is 8.83 Å². The van der Waals surface area contributed by atoms with Gasteiger partial charge in [0.05, 0.1) is 10.8 Å². The SMILES string of the molecule is O=c1oc(=O)c2ccc3c4cc(Br)ccc4oc4ccc1c2c43. The highest BCUT2D eigenvalue weighted by atomic mass is 79.9. The summed E-state index contributed by atoms with van der Waals surface area (Å²) in [4.78, 5) is 24.0. The zero-order valence-corrected chi connectivity index (χ0v) is 13.1. The molecule has 5 heteroatoms. The van der Waals surface area contributed by atoms with Gasteiger partial charge in [0.2, 0.25) is 0 Å². The second kappa shape index (κ2) is 4.20. The molecule has 0 atom stereocenters. The summed E-state index contributed by atoms with van der Waals surface area (Å²) in [6, 6.07) is 12.7. The summed E-state index contributed by atoms with van der Waals surface area (Å²) in [5.41, 5.74) is 0.142. The van der Waals surface area contributed by atoms with E-state index in [0.717, 1.165) is 26.2 Å². The molecule has 110 valence electrons. The van der Waals surface area contributed by atoms with Crippen LogP contribution in [0, 0.1) is 0 Å². The Kier molecular flexibility index (Phi) is 2.35. The molecule has 0 bridgehead atoms. The van der Waals surface area contributed by atoms with E-state index in [1.165, 1.54) is 0 Å². The van der Waals surface area contributed by atoms with Gasteiger partial charge in [0.15, 0.2) is 0 Å². The van der Waals surface area contributed by atoms with E-state index >= 15 is 0 Å². The Hall–Kier alpha value is -2.66. The van der Waals surface area contributed by atoms with Crippen molar-refractivity contribution in [1.29, 1.82) is 0 Å². The zero-order chi connectivity index (χ0) is 15.7. The average molecular weight is 367 g/mol. The predicted molar refractivity (Wildman–Crippen MR) is 92.4 cm³/mol. The van der Waals surface area contributed by atoms with Crippen LogP contribution in [0.2, 0.25) is 0 Å². The normalized spacial score (nSPS) is 12.0. The highest BCUT2D eigenvalue weighted by molar-refractivity contribution is 9.10. The molecule has 0 saturated carbocycles. The standard InChI is InChI=1S/C18H7BrO4/c19-8-1-5-13-12(7-8)9-2-3-10-15-11(18(21)23-17(10)20)4-6-14(22-13)16(9)15/h1-7H. The zero-order valence-electron chi connectivity index (χ0n) is 11.6. The molecular weight excluding hydrogens is 360 g/mol. The molecule has 2 heterocycles. The van der Waals surface area contributed by atoms with Crippen LogP contribution in [0.5, 0.6) is 0 Å². The van der Waals surface area contributed by atoms with Crippen molar-refractivity contribution in [3.05, 3.63) is 67.8 Å². The second-order valence-corrected chi connectivity index (χ2v) is 6.36. The topological polar surface area (TPSA) is 60.4 Å². The molecule has 0 aliphatic carbocycles. The Balaban J connectivity index is 2.23. The number of hydrogen-bond acceptors (Lipinski definition) is 4. The van der Waals surface area contributed by atoms with Gasteiger partial charge in [-0.3, -0.25) is 0 Å². The average Bonchev–Trinajstić information content (AvgIpc) is 2.54. The lowest BCUT2D eigenvalue weighted by molar-refractivity contribution is 0.489. The maximum atomic E-state index is 12.0. The van der Waals surface area contributed by atoms with Gasteiger partial charge in [-0.2, -0.15) is 0 Å². The summed E-state index contributed by atoms with van der Waals surface area (Å²) in [5, 5.41) is 4.01. The van der Waals surface area contributed by atoms with Gasteiger partial charge in [0.25, 0.3) is 0 Å². The second-order valence-electron chi connectivity index (χ2n) is 5.44.